The van der Waals surface area contributed by atoms with Gasteiger partial charge in [0.05, 0.1) is 0 Å². The van der Waals surface area contributed by atoms with Gasteiger partial charge in [-0.05, 0) is 51.7 Å². The lowest BCUT2D eigenvalue weighted by molar-refractivity contribution is 0.144. The SMILES string of the molecule is CCNC(=NCCCCOCC)NCCCCN(C)c1ccccc1.I. The number of anilines is 1. The van der Waals surface area contributed by atoms with E-state index in [0.29, 0.717) is 0 Å². The molecule has 5 nitrogen and oxygen atoms in total. The lowest BCUT2D eigenvalue weighted by Crippen LogP contribution is -2.38. The first-order valence-corrected chi connectivity index (χ1v) is 9.64. The van der Waals surface area contributed by atoms with E-state index in [2.05, 4.69) is 64.8 Å². The lowest BCUT2D eigenvalue weighted by Gasteiger charge is -2.19. The van der Waals surface area contributed by atoms with Crippen molar-refractivity contribution in [2.75, 3.05) is 51.3 Å². The number of ether oxygens (including phenoxy) is 1. The van der Waals surface area contributed by atoms with Crippen LogP contribution in [0, 0.1) is 0 Å². The normalized spacial score (nSPS) is 11.0. The minimum absolute atomic E-state index is 0. The second-order valence-corrected chi connectivity index (χ2v) is 6.06. The summed E-state index contributed by atoms with van der Waals surface area (Å²) < 4.78 is 5.35. The number of para-hydroxylation sites is 1. The van der Waals surface area contributed by atoms with Gasteiger partial charge >= 0.3 is 0 Å². The van der Waals surface area contributed by atoms with Crippen LogP contribution in [0.3, 0.4) is 0 Å². The van der Waals surface area contributed by atoms with Crippen molar-refractivity contribution in [2.45, 2.75) is 39.5 Å². The second kappa shape index (κ2) is 17.4. The monoisotopic (exact) mass is 476 g/mol. The maximum Gasteiger partial charge on any atom is 0.191 e. The first kappa shape index (κ1) is 25.0. The van der Waals surface area contributed by atoms with Gasteiger partial charge in [0.15, 0.2) is 5.96 Å². The van der Waals surface area contributed by atoms with Gasteiger partial charge in [-0.3, -0.25) is 4.99 Å². The van der Waals surface area contributed by atoms with Gasteiger partial charge < -0.3 is 20.3 Å². The molecule has 6 heteroatoms. The number of halogens is 1. The van der Waals surface area contributed by atoms with Crippen LogP contribution in [-0.4, -0.2) is 52.4 Å². The molecule has 0 heterocycles. The quantitative estimate of drug-likeness (QED) is 0.196. The van der Waals surface area contributed by atoms with Crippen LogP contribution in [-0.2, 0) is 4.74 Å². The van der Waals surface area contributed by atoms with Crippen LogP contribution in [0.1, 0.15) is 39.5 Å². The van der Waals surface area contributed by atoms with E-state index in [0.717, 1.165) is 71.0 Å². The Hall–Kier alpha value is -1.02. The van der Waals surface area contributed by atoms with E-state index < -0.39 is 0 Å². The van der Waals surface area contributed by atoms with Gasteiger partial charge in [0, 0.05) is 52.1 Å². The smallest absolute Gasteiger partial charge is 0.191 e. The summed E-state index contributed by atoms with van der Waals surface area (Å²) in [7, 11) is 2.15. The fraction of sp³-hybridized carbons (Fsp3) is 0.650. The molecule has 0 atom stereocenters. The second-order valence-electron chi connectivity index (χ2n) is 6.06. The molecule has 2 N–H and O–H groups in total. The van der Waals surface area contributed by atoms with Crippen molar-refractivity contribution in [3.63, 3.8) is 0 Å². The van der Waals surface area contributed by atoms with Crippen molar-refractivity contribution >= 4 is 35.6 Å². The van der Waals surface area contributed by atoms with Crippen LogP contribution in [0.2, 0.25) is 0 Å². The van der Waals surface area contributed by atoms with Gasteiger partial charge in [-0.2, -0.15) is 0 Å². The molecule has 0 bridgehead atoms. The highest BCUT2D eigenvalue weighted by Crippen LogP contribution is 2.11. The van der Waals surface area contributed by atoms with E-state index in [1.54, 1.807) is 0 Å². The zero-order chi connectivity index (χ0) is 18.2. The maximum atomic E-state index is 5.35. The topological polar surface area (TPSA) is 48.9 Å². The largest absolute Gasteiger partial charge is 0.382 e. The van der Waals surface area contributed by atoms with E-state index in [4.69, 9.17) is 4.74 Å². The number of aliphatic imine (C=N–C) groups is 1. The Morgan fingerprint density at radius 2 is 1.81 bits per heavy atom. The summed E-state index contributed by atoms with van der Waals surface area (Å²) in [6.45, 7) is 9.52. The van der Waals surface area contributed by atoms with Gasteiger partial charge in [0.1, 0.15) is 0 Å². The number of rotatable bonds is 13. The van der Waals surface area contributed by atoms with Crippen molar-refractivity contribution < 1.29 is 4.74 Å². The molecule has 0 aromatic heterocycles. The average Bonchev–Trinajstić information content (AvgIpc) is 2.64. The van der Waals surface area contributed by atoms with Crippen LogP contribution in [0.4, 0.5) is 5.69 Å². The molecule has 150 valence electrons. The van der Waals surface area contributed by atoms with Gasteiger partial charge in [-0.25, -0.2) is 0 Å². The Labute approximate surface area is 177 Å². The molecule has 0 amide bonds. The summed E-state index contributed by atoms with van der Waals surface area (Å²) in [5.74, 6) is 0.926. The van der Waals surface area contributed by atoms with Gasteiger partial charge in [-0.1, -0.05) is 18.2 Å². The molecular weight excluding hydrogens is 439 g/mol. The van der Waals surface area contributed by atoms with Crippen molar-refractivity contribution in [2.24, 2.45) is 4.99 Å². The molecule has 0 saturated carbocycles. The maximum absolute atomic E-state index is 5.35. The van der Waals surface area contributed by atoms with E-state index in [1.165, 1.54) is 5.69 Å². The van der Waals surface area contributed by atoms with Gasteiger partial charge in [0.25, 0.3) is 0 Å². The predicted octanol–water partition coefficient (Wildman–Crippen LogP) is 3.89. The Bertz CT molecular complexity index is 456. The van der Waals surface area contributed by atoms with Crippen molar-refractivity contribution in [3.05, 3.63) is 30.3 Å². The number of hydrogen-bond acceptors (Lipinski definition) is 3. The number of unbranched alkanes of at least 4 members (excludes halogenated alkanes) is 2. The van der Waals surface area contributed by atoms with Crippen LogP contribution >= 0.6 is 24.0 Å². The fourth-order valence-corrected chi connectivity index (χ4v) is 2.49. The molecule has 0 radical (unpaired) electrons. The Balaban J connectivity index is 0.00000625. The molecule has 0 fully saturated rings. The van der Waals surface area contributed by atoms with Crippen LogP contribution in [0.15, 0.2) is 35.3 Å². The Morgan fingerprint density at radius 3 is 2.50 bits per heavy atom. The molecule has 0 spiro atoms. The molecular formula is C20H37IN4O. The third kappa shape index (κ3) is 12.4. The summed E-state index contributed by atoms with van der Waals surface area (Å²) >= 11 is 0. The minimum Gasteiger partial charge on any atom is -0.382 e. The molecule has 1 aromatic carbocycles. The van der Waals surface area contributed by atoms with E-state index >= 15 is 0 Å². The number of nitrogens with one attached hydrogen (secondary N) is 2. The van der Waals surface area contributed by atoms with Crippen molar-refractivity contribution in [1.29, 1.82) is 0 Å². The molecule has 0 saturated heterocycles. The highest BCUT2D eigenvalue weighted by molar-refractivity contribution is 14.0. The standard InChI is InChI=1S/C20H36N4O.HI/c1-4-21-20(23-16-10-12-18-25-5-2)22-15-9-11-17-24(3)19-13-7-6-8-14-19;/h6-8,13-14H,4-5,9-12,15-18H2,1-3H3,(H2,21,22,23);1H. The number of benzene rings is 1. The molecule has 0 unspecified atom stereocenters. The summed E-state index contributed by atoms with van der Waals surface area (Å²) in [5.41, 5.74) is 1.28. The van der Waals surface area contributed by atoms with Gasteiger partial charge in [-0.15, -0.1) is 24.0 Å². The van der Waals surface area contributed by atoms with Crippen LogP contribution < -0.4 is 15.5 Å². The fourth-order valence-electron chi connectivity index (χ4n) is 2.49. The number of nitrogens with zero attached hydrogens (tertiary/aromatic N) is 2. The summed E-state index contributed by atoms with van der Waals surface area (Å²) in [6, 6.07) is 10.5. The molecule has 0 aliphatic carbocycles. The lowest BCUT2D eigenvalue weighted by atomic mass is 10.2. The van der Waals surface area contributed by atoms with Crippen LogP contribution in [0.5, 0.6) is 0 Å². The zero-order valence-corrected chi connectivity index (χ0v) is 19.0. The number of guanidine groups is 1. The Morgan fingerprint density at radius 1 is 1.04 bits per heavy atom. The molecule has 0 aliphatic heterocycles. The van der Waals surface area contributed by atoms with E-state index in [9.17, 15) is 0 Å². The highest BCUT2D eigenvalue weighted by Gasteiger charge is 2.00. The molecule has 0 aliphatic rings. The predicted molar refractivity (Wildman–Crippen MR) is 124 cm³/mol. The summed E-state index contributed by atoms with van der Waals surface area (Å²) in [5, 5.41) is 6.73. The van der Waals surface area contributed by atoms with Crippen molar-refractivity contribution in [3.8, 4) is 0 Å². The summed E-state index contributed by atoms with van der Waals surface area (Å²) in [6.07, 6.45) is 4.43. The third-order valence-corrected chi connectivity index (χ3v) is 3.92. The third-order valence-electron chi connectivity index (χ3n) is 3.92. The number of hydrogen-bond donors (Lipinski definition) is 2. The van der Waals surface area contributed by atoms with Crippen LogP contribution in [0.25, 0.3) is 0 Å². The zero-order valence-electron chi connectivity index (χ0n) is 16.7. The van der Waals surface area contributed by atoms with E-state index in [-0.39, 0.29) is 24.0 Å². The Kier molecular flexibility index (Phi) is 16.7. The first-order valence-electron chi connectivity index (χ1n) is 9.64. The molecule has 26 heavy (non-hydrogen) atoms. The molecule has 1 aromatic rings. The highest BCUT2D eigenvalue weighted by atomic mass is 127. The molecule has 1 rings (SSSR count). The van der Waals surface area contributed by atoms with Crippen molar-refractivity contribution in [1.82, 2.24) is 10.6 Å². The average molecular weight is 476 g/mol. The van der Waals surface area contributed by atoms with E-state index in [1.807, 2.05) is 6.92 Å². The summed E-state index contributed by atoms with van der Waals surface area (Å²) in [4.78, 5) is 6.92. The van der Waals surface area contributed by atoms with Gasteiger partial charge in [0.2, 0.25) is 0 Å². The minimum atomic E-state index is 0. The first-order chi connectivity index (χ1) is 12.3.